The zero-order valence-electron chi connectivity index (χ0n) is 21.6. The fourth-order valence-electron chi connectivity index (χ4n) is 4.92. The predicted molar refractivity (Wildman–Crippen MR) is 142 cm³/mol. The molecule has 0 radical (unpaired) electrons. The van der Waals surface area contributed by atoms with E-state index in [1.807, 2.05) is 43.3 Å². The molecule has 2 unspecified atom stereocenters. The number of carbonyl (C=O) groups excluding carboxylic acids is 1. The van der Waals surface area contributed by atoms with Crippen LogP contribution in [0.1, 0.15) is 17.0 Å². The number of urea groups is 1. The number of benzene rings is 2. The molecule has 0 spiro atoms. The second kappa shape index (κ2) is 11.1. The van der Waals surface area contributed by atoms with Crippen LogP contribution in [0.15, 0.2) is 60.8 Å². The number of rotatable bonds is 8. The third kappa shape index (κ3) is 5.43. The summed E-state index contributed by atoms with van der Waals surface area (Å²) >= 11 is 0. The second-order valence-electron chi connectivity index (χ2n) is 9.41. The molecule has 2 aromatic carbocycles. The number of carbonyl (C=O) groups is 1. The SMILES string of the molecule is COCCN1CC(NC(=O)Nc2c(C)c(-c3cnn(C)n3)nn2-c2ccccc2)C(c2cccc(F)c2)C1. The van der Waals surface area contributed by atoms with Gasteiger partial charge in [-0.1, -0.05) is 30.3 Å². The minimum absolute atomic E-state index is 0.0661. The quantitative estimate of drug-likeness (QED) is 0.371. The number of nitrogens with one attached hydrogen (secondary N) is 2. The normalized spacial score (nSPS) is 17.6. The molecular formula is C27H31FN8O2. The molecule has 5 rings (SSSR count). The summed E-state index contributed by atoms with van der Waals surface area (Å²) in [6.07, 6.45) is 1.64. The number of nitrogens with zero attached hydrogens (tertiary/aromatic N) is 6. The van der Waals surface area contributed by atoms with Crippen LogP contribution in [-0.4, -0.2) is 75.1 Å². The molecule has 11 heteroatoms. The van der Waals surface area contributed by atoms with Crippen molar-refractivity contribution in [3.63, 3.8) is 0 Å². The first-order chi connectivity index (χ1) is 18.4. The standard InChI is InChI=1S/C27H31FN8O2/c1-18-25(23-15-29-34(2)32-23)33-36(21-10-5-4-6-11-21)26(18)31-27(37)30-24-17-35(12-13-38-3)16-22(24)19-8-7-9-20(28)14-19/h4-11,14-15,22,24H,12-13,16-17H2,1-3H3,(H2,30,31,37). The Kier molecular flexibility index (Phi) is 7.47. The number of hydrogen-bond donors (Lipinski definition) is 2. The van der Waals surface area contributed by atoms with Crippen LogP contribution in [0.5, 0.6) is 0 Å². The fraction of sp³-hybridized carbons (Fsp3) is 0.333. The van der Waals surface area contributed by atoms with Crippen LogP contribution >= 0.6 is 0 Å². The minimum Gasteiger partial charge on any atom is -0.383 e. The van der Waals surface area contributed by atoms with Crippen LogP contribution in [0.4, 0.5) is 15.0 Å². The van der Waals surface area contributed by atoms with Crippen molar-refractivity contribution in [3.8, 4) is 17.1 Å². The number of aromatic nitrogens is 5. The summed E-state index contributed by atoms with van der Waals surface area (Å²) in [6, 6.07) is 15.6. The first kappa shape index (κ1) is 25.6. The summed E-state index contributed by atoms with van der Waals surface area (Å²) in [5, 5.41) is 19.5. The molecule has 2 amide bonds. The van der Waals surface area contributed by atoms with E-state index in [1.54, 1.807) is 37.2 Å². The molecule has 0 aliphatic carbocycles. The van der Waals surface area contributed by atoms with E-state index in [4.69, 9.17) is 9.84 Å². The summed E-state index contributed by atoms with van der Waals surface area (Å²) in [6.45, 7) is 4.51. The van der Waals surface area contributed by atoms with E-state index in [2.05, 4.69) is 25.7 Å². The number of hydrogen-bond acceptors (Lipinski definition) is 6. The van der Waals surface area contributed by atoms with Gasteiger partial charge in [0.25, 0.3) is 0 Å². The summed E-state index contributed by atoms with van der Waals surface area (Å²) in [5.41, 5.74) is 3.65. The molecule has 0 saturated carbocycles. The van der Waals surface area contributed by atoms with Gasteiger partial charge in [-0.2, -0.15) is 20.1 Å². The number of halogens is 1. The Morgan fingerprint density at radius 1 is 1.13 bits per heavy atom. The molecule has 10 nitrogen and oxygen atoms in total. The van der Waals surface area contributed by atoms with Gasteiger partial charge in [-0.15, -0.1) is 0 Å². The Labute approximate surface area is 220 Å². The Balaban J connectivity index is 1.41. The van der Waals surface area contributed by atoms with Gasteiger partial charge in [0, 0.05) is 45.3 Å². The number of amides is 2. The van der Waals surface area contributed by atoms with Crippen molar-refractivity contribution in [2.24, 2.45) is 7.05 Å². The lowest BCUT2D eigenvalue weighted by Crippen LogP contribution is -2.42. The van der Waals surface area contributed by atoms with Crippen molar-refractivity contribution in [3.05, 3.63) is 77.7 Å². The fourth-order valence-corrected chi connectivity index (χ4v) is 4.92. The summed E-state index contributed by atoms with van der Waals surface area (Å²) < 4.78 is 21.0. The number of methoxy groups -OCH3 is 1. The van der Waals surface area contributed by atoms with Crippen molar-refractivity contribution < 1.29 is 13.9 Å². The molecule has 3 heterocycles. The molecular weight excluding hydrogens is 487 g/mol. The minimum atomic E-state index is -0.365. The molecule has 2 atom stereocenters. The highest BCUT2D eigenvalue weighted by Gasteiger charge is 2.35. The largest absolute Gasteiger partial charge is 0.383 e. The molecule has 4 aromatic rings. The molecule has 1 saturated heterocycles. The maximum atomic E-state index is 14.0. The Morgan fingerprint density at radius 2 is 1.95 bits per heavy atom. The summed E-state index contributed by atoms with van der Waals surface area (Å²) in [5.74, 6) is 0.175. The number of likely N-dealkylation sites (tertiary alicyclic amines) is 1. The van der Waals surface area contributed by atoms with Gasteiger partial charge in [0.05, 0.1) is 24.5 Å². The highest BCUT2D eigenvalue weighted by molar-refractivity contribution is 5.91. The number of ether oxygens (including phenoxy) is 1. The Morgan fingerprint density at radius 3 is 2.66 bits per heavy atom. The van der Waals surface area contributed by atoms with Crippen molar-refractivity contribution >= 4 is 11.8 Å². The molecule has 38 heavy (non-hydrogen) atoms. The highest BCUT2D eigenvalue weighted by Crippen LogP contribution is 2.31. The van der Waals surface area contributed by atoms with E-state index >= 15 is 0 Å². The van der Waals surface area contributed by atoms with Crippen LogP contribution in [0.3, 0.4) is 0 Å². The van der Waals surface area contributed by atoms with Gasteiger partial charge in [-0.05, 0) is 36.8 Å². The lowest BCUT2D eigenvalue weighted by molar-refractivity contribution is 0.159. The van der Waals surface area contributed by atoms with Gasteiger partial charge in [0.1, 0.15) is 23.0 Å². The van der Waals surface area contributed by atoms with Gasteiger partial charge in [0.15, 0.2) is 0 Å². The van der Waals surface area contributed by atoms with Crippen molar-refractivity contribution in [2.45, 2.75) is 18.9 Å². The zero-order chi connectivity index (χ0) is 26.6. The number of anilines is 1. The zero-order valence-corrected chi connectivity index (χ0v) is 21.6. The molecule has 1 aliphatic rings. The van der Waals surface area contributed by atoms with Gasteiger partial charge in [-0.3, -0.25) is 10.2 Å². The van der Waals surface area contributed by atoms with Gasteiger partial charge >= 0.3 is 6.03 Å². The van der Waals surface area contributed by atoms with Crippen LogP contribution < -0.4 is 10.6 Å². The lowest BCUT2D eigenvalue weighted by atomic mass is 9.94. The van der Waals surface area contributed by atoms with Crippen LogP contribution in [0.25, 0.3) is 17.1 Å². The Bertz CT molecular complexity index is 1400. The Hall–Kier alpha value is -4.09. The van der Waals surface area contributed by atoms with E-state index in [0.29, 0.717) is 36.9 Å². The van der Waals surface area contributed by atoms with Gasteiger partial charge < -0.3 is 10.1 Å². The first-order valence-corrected chi connectivity index (χ1v) is 12.5. The third-order valence-corrected chi connectivity index (χ3v) is 6.80. The smallest absolute Gasteiger partial charge is 0.320 e. The molecule has 0 bridgehead atoms. The second-order valence-corrected chi connectivity index (χ2v) is 9.41. The first-order valence-electron chi connectivity index (χ1n) is 12.5. The van der Waals surface area contributed by atoms with Crippen molar-refractivity contribution in [1.29, 1.82) is 0 Å². The maximum Gasteiger partial charge on any atom is 0.320 e. The average Bonchev–Trinajstić information content (AvgIpc) is 3.61. The molecule has 198 valence electrons. The number of para-hydroxylation sites is 1. The summed E-state index contributed by atoms with van der Waals surface area (Å²) in [7, 11) is 3.41. The van der Waals surface area contributed by atoms with E-state index in [0.717, 1.165) is 23.4 Å². The predicted octanol–water partition coefficient (Wildman–Crippen LogP) is 3.35. The van der Waals surface area contributed by atoms with Crippen LogP contribution in [0, 0.1) is 12.7 Å². The van der Waals surface area contributed by atoms with Crippen molar-refractivity contribution in [2.75, 3.05) is 38.7 Å². The van der Waals surface area contributed by atoms with E-state index in [-0.39, 0.29) is 23.8 Å². The van der Waals surface area contributed by atoms with Crippen LogP contribution in [-0.2, 0) is 11.8 Å². The molecule has 2 N–H and O–H groups in total. The van der Waals surface area contributed by atoms with Gasteiger partial charge in [0.2, 0.25) is 0 Å². The summed E-state index contributed by atoms with van der Waals surface area (Å²) in [4.78, 5) is 17.1. The molecule has 1 aliphatic heterocycles. The molecule has 1 fully saturated rings. The monoisotopic (exact) mass is 518 g/mol. The lowest BCUT2D eigenvalue weighted by Gasteiger charge is -2.21. The van der Waals surface area contributed by atoms with Crippen molar-refractivity contribution in [1.82, 2.24) is 35.0 Å². The van der Waals surface area contributed by atoms with E-state index < -0.39 is 0 Å². The molecule has 2 aromatic heterocycles. The van der Waals surface area contributed by atoms with Crippen LogP contribution in [0.2, 0.25) is 0 Å². The number of aryl methyl sites for hydroxylation is 1. The third-order valence-electron chi connectivity index (χ3n) is 6.80. The van der Waals surface area contributed by atoms with E-state index in [9.17, 15) is 9.18 Å². The maximum absolute atomic E-state index is 14.0. The average molecular weight is 519 g/mol. The highest BCUT2D eigenvalue weighted by atomic mass is 19.1. The van der Waals surface area contributed by atoms with E-state index in [1.165, 1.54) is 10.9 Å². The topological polar surface area (TPSA) is 102 Å². The van der Waals surface area contributed by atoms with Gasteiger partial charge in [-0.25, -0.2) is 13.9 Å².